The molecule has 0 saturated heterocycles. The first-order valence-corrected chi connectivity index (χ1v) is 12.6. The lowest BCUT2D eigenvalue weighted by atomic mass is 9.88. The Hall–Kier alpha value is -1.89. The molecule has 0 spiro atoms. The molecule has 0 amide bonds. The molecule has 2 aromatic carbocycles. The van der Waals surface area contributed by atoms with Gasteiger partial charge in [0, 0.05) is 18.5 Å². The lowest BCUT2D eigenvalue weighted by Gasteiger charge is -2.30. The van der Waals surface area contributed by atoms with Crippen molar-refractivity contribution in [1.29, 1.82) is 0 Å². The summed E-state index contributed by atoms with van der Waals surface area (Å²) in [7, 11) is 0. The number of β-amino-alcohol motifs (C(OH)–C–C–N with tert-alkyl or cyclic N) is 1. The lowest BCUT2D eigenvalue weighted by molar-refractivity contribution is -0.143. The minimum atomic E-state index is -0.625. The second kappa shape index (κ2) is 12.0. The molecule has 0 fully saturated rings. The summed E-state index contributed by atoms with van der Waals surface area (Å²) in [6.07, 6.45) is 3.62. The van der Waals surface area contributed by atoms with Gasteiger partial charge in [0.25, 0.3) is 0 Å². The Bertz CT molecular complexity index is 905. The molecular formula is C27H36BrNO4. The fourth-order valence-corrected chi connectivity index (χ4v) is 4.88. The van der Waals surface area contributed by atoms with Crippen LogP contribution < -0.4 is 10.1 Å². The minimum Gasteiger partial charge on any atom is -0.490 e. The summed E-state index contributed by atoms with van der Waals surface area (Å²) in [5.74, 6) is 1.10. The highest BCUT2D eigenvalue weighted by molar-refractivity contribution is 9.10. The maximum absolute atomic E-state index is 11.6. The van der Waals surface area contributed by atoms with Gasteiger partial charge in [0.05, 0.1) is 11.1 Å². The number of carbonyl (C=O) groups is 1. The van der Waals surface area contributed by atoms with Gasteiger partial charge in [-0.05, 0) is 97.1 Å². The van der Waals surface area contributed by atoms with Gasteiger partial charge in [-0.2, -0.15) is 0 Å². The van der Waals surface area contributed by atoms with Crippen LogP contribution in [0.3, 0.4) is 0 Å². The van der Waals surface area contributed by atoms with E-state index in [0.717, 1.165) is 29.3 Å². The Labute approximate surface area is 206 Å². The van der Waals surface area contributed by atoms with Gasteiger partial charge in [-0.1, -0.05) is 30.3 Å². The molecule has 0 heterocycles. The van der Waals surface area contributed by atoms with E-state index in [1.165, 1.54) is 11.1 Å². The van der Waals surface area contributed by atoms with Crippen LogP contribution in [0.4, 0.5) is 0 Å². The van der Waals surface area contributed by atoms with E-state index < -0.39 is 6.10 Å². The number of nitrogens with one attached hydrogen (secondary N) is 1. The van der Waals surface area contributed by atoms with Crippen LogP contribution in [0.25, 0.3) is 0 Å². The molecule has 0 bridgehead atoms. The SMILES string of the molecule is CCOC(=O)CCc1ccc(Br)c(OC[C@@H](O)CNC(C)(C)CC2Cc3ccccc3C2)c1. The molecule has 1 aliphatic rings. The average molecular weight is 518 g/mol. The van der Waals surface area contributed by atoms with Crippen molar-refractivity contribution in [2.24, 2.45) is 5.92 Å². The van der Waals surface area contributed by atoms with Gasteiger partial charge >= 0.3 is 5.97 Å². The number of benzene rings is 2. The van der Waals surface area contributed by atoms with Crippen LogP contribution in [-0.2, 0) is 28.8 Å². The summed E-state index contributed by atoms with van der Waals surface area (Å²) < 4.78 is 11.7. The van der Waals surface area contributed by atoms with E-state index in [0.29, 0.717) is 37.7 Å². The molecule has 2 aromatic rings. The molecule has 0 aliphatic heterocycles. The number of esters is 1. The molecule has 0 aromatic heterocycles. The van der Waals surface area contributed by atoms with Crippen molar-refractivity contribution in [2.75, 3.05) is 19.8 Å². The van der Waals surface area contributed by atoms with E-state index in [1.54, 1.807) is 6.92 Å². The largest absolute Gasteiger partial charge is 0.490 e. The maximum Gasteiger partial charge on any atom is 0.306 e. The molecule has 0 unspecified atom stereocenters. The number of halogens is 1. The molecule has 0 saturated carbocycles. The van der Waals surface area contributed by atoms with E-state index in [9.17, 15) is 9.90 Å². The van der Waals surface area contributed by atoms with Crippen molar-refractivity contribution in [3.63, 3.8) is 0 Å². The van der Waals surface area contributed by atoms with Crippen LogP contribution in [-0.4, -0.2) is 42.5 Å². The smallest absolute Gasteiger partial charge is 0.306 e. The molecule has 5 nitrogen and oxygen atoms in total. The van der Waals surface area contributed by atoms with Gasteiger partial charge in [0.2, 0.25) is 0 Å². The monoisotopic (exact) mass is 517 g/mol. The molecule has 6 heteroatoms. The summed E-state index contributed by atoms with van der Waals surface area (Å²) in [6, 6.07) is 14.5. The van der Waals surface area contributed by atoms with Gasteiger partial charge in [-0.15, -0.1) is 0 Å². The Morgan fingerprint density at radius 2 is 1.91 bits per heavy atom. The summed E-state index contributed by atoms with van der Waals surface area (Å²) in [4.78, 5) is 11.6. The molecular weight excluding hydrogens is 482 g/mol. The highest BCUT2D eigenvalue weighted by Gasteiger charge is 2.28. The van der Waals surface area contributed by atoms with E-state index in [-0.39, 0.29) is 18.1 Å². The summed E-state index contributed by atoms with van der Waals surface area (Å²) in [6.45, 7) is 7.26. The normalized spacial score (nSPS) is 14.7. The molecule has 2 N–H and O–H groups in total. The number of carbonyl (C=O) groups excluding carboxylic acids is 1. The number of fused-ring (bicyclic) bond motifs is 1. The Kier molecular flexibility index (Phi) is 9.36. The third-order valence-corrected chi connectivity index (χ3v) is 6.76. The molecule has 0 radical (unpaired) electrons. The standard InChI is InChI=1S/C27H36BrNO4/c1-4-32-26(31)12-10-19-9-11-24(28)25(15-19)33-18-23(30)17-29-27(2,3)16-20-13-21-7-5-6-8-22(21)14-20/h5-9,11,15,20,23,29-30H,4,10,12-14,16-18H2,1-3H3/t23-/m0/s1. The van der Waals surface area contributed by atoms with Gasteiger partial charge in [0.15, 0.2) is 0 Å². The molecule has 180 valence electrons. The summed E-state index contributed by atoms with van der Waals surface area (Å²) in [5, 5.41) is 14.0. The van der Waals surface area contributed by atoms with E-state index in [4.69, 9.17) is 9.47 Å². The minimum absolute atomic E-state index is 0.0682. The Balaban J connectivity index is 1.43. The average Bonchev–Trinajstić information content (AvgIpc) is 3.18. The van der Waals surface area contributed by atoms with E-state index >= 15 is 0 Å². The van der Waals surface area contributed by atoms with Gasteiger partial charge in [-0.3, -0.25) is 4.79 Å². The highest BCUT2D eigenvalue weighted by Crippen LogP contribution is 2.32. The topological polar surface area (TPSA) is 67.8 Å². The molecule has 1 aliphatic carbocycles. The second-order valence-corrected chi connectivity index (χ2v) is 10.4. The third kappa shape index (κ3) is 8.13. The van der Waals surface area contributed by atoms with E-state index in [2.05, 4.69) is 59.4 Å². The number of aliphatic hydroxyl groups excluding tert-OH is 1. The third-order valence-electron chi connectivity index (χ3n) is 6.10. The number of rotatable bonds is 12. The first-order valence-electron chi connectivity index (χ1n) is 11.8. The number of hydrogen-bond donors (Lipinski definition) is 2. The van der Waals surface area contributed by atoms with Crippen LogP contribution in [0.15, 0.2) is 46.9 Å². The van der Waals surface area contributed by atoms with Gasteiger partial charge < -0.3 is 19.9 Å². The zero-order chi connectivity index (χ0) is 23.8. The number of aliphatic hydroxyl groups is 1. The van der Waals surface area contributed by atoms with Gasteiger partial charge in [0.1, 0.15) is 18.5 Å². The number of hydrogen-bond acceptors (Lipinski definition) is 5. The van der Waals surface area contributed by atoms with Gasteiger partial charge in [-0.25, -0.2) is 0 Å². The highest BCUT2D eigenvalue weighted by atomic mass is 79.9. The fraction of sp³-hybridized carbons (Fsp3) is 0.519. The van der Waals surface area contributed by atoms with Crippen LogP contribution in [0.5, 0.6) is 5.75 Å². The Morgan fingerprint density at radius 1 is 1.21 bits per heavy atom. The van der Waals surface area contributed by atoms with E-state index in [1.807, 2.05) is 18.2 Å². The second-order valence-electron chi connectivity index (χ2n) is 9.55. The molecule has 3 rings (SSSR count). The van der Waals surface area contributed by atoms with Crippen molar-refractivity contribution < 1.29 is 19.4 Å². The van der Waals surface area contributed by atoms with Crippen molar-refractivity contribution in [3.8, 4) is 5.75 Å². The van der Waals surface area contributed by atoms with Crippen LogP contribution in [0.2, 0.25) is 0 Å². The zero-order valence-corrected chi connectivity index (χ0v) is 21.5. The van der Waals surface area contributed by atoms with Crippen LogP contribution in [0, 0.1) is 5.92 Å². The number of ether oxygens (including phenoxy) is 2. The predicted molar refractivity (Wildman–Crippen MR) is 135 cm³/mol. The molecule has 1 atom stereocenters. The first-order chi connectivity index (χ1) is 15.8. The van der Waals surface area contributed by atoms with Crippen LogP contribution in [0.1, 0.15) is 50.3 Å². The summed E-state index contributed by atoms with van der Waals surface area (Å²) in [5.41, 5.74) is 3.87. The number of aryl methyl sites for hydroxylation is 1. The fourth-order valence-electron chi connectivity index (χ4n) is 4.52. The summed E-state index contributed by atoms with van der Waals surface area (Å²) >= 11 is 3.50. The molecule has 33 heavy (non-hydrogen) atoms. The first kappa shape index (κ1) is 25.7. The van der Waals surface area contributed by atoms with Crippen molar-refractivity contribution >= 4 is 21.9 Å². The van der Waals surface area contributed by atoms with Crippen LogP contribution >= 0.6 is 15.9 Å². The zero-order valence-electron chi connectivity index (χ0n) is 19.9. The quantitative estimate of drug-likeness (QED) is 0.393. The maximum atomic E-state index is 11.6. The predicted octanol–water partition coefficient (Wildman–Crippen LogP) is 4.86. The van der Waals surface area contributed by atoms with Crippen molar-refractivity contribution in [2.45, 2.75) is 64.5 Å². The van der Waals surface area contributed by atoms with Crippen molar-refractivity contribution in [3.05, 3.63) is 63.6 Å². The lowest BCUT2D eigenvalue weighted by Crippen LogP contribution is -2.46. The van der Waals surface area contributed by atoms with Crippen molar-refractivity contribution in [1.82, 2.24) is 5.32 Å². The Morgan fingerprint density at radius 3 is 2.58 bits per heavy atom.